The average Bonchev–Trinajstić information content (AvgIpc) is 2.95. The Bertz CT molecular complexity index is 521. The van der Waals surface area contributed by atoms with E-state index in [1.807, 2.05) is 12.1 Å². The fourth-order valence-electron chi connectivity index (χ4n) is 1.50. The van der Waals surface area contributed by atoms with Crippen molar-refractivity contribution in [2.75, 3.05) is 6.61 Å². The third-order valence-electron chi connectivity index (χ3n) is 2.32. The highest BCUT2D eigenvalue weighted by Crippen LogP contribution is 2.14. The summed E-state index contributed by atoms with van der Waals surface area (Å²) in [5.74, 6) is 0. The molecule has 0 N–H and O–H groups in total. The number of rotatable bonds is 2. The first-order valence-electron chi connectivity index (χ1n) is 4.55. The van der Waals surface area contributed by atoms with Crippen molar-refractivity contribution in [1.82, 2.24) is 4.74 Å². The number of aromatic nitrogens is 1. The summed E-state index contributed by atoms with van der Waals surface area (Å²) < 4.78 is 11.8. The second-order valence-electron chi connectivity index (χ2n) is 3.41. The minimum absolute atomic E-state index is 0.0731. The van der Waals surface area contributed by atoms with Crippen molar-refractivity contribution in [3.63, 3.8) is 0 Å². The molecule has 1 aliphatic rings. The Kier molecular flexibility index (Phi) is 1.52. The van der Waals surface area contributed by atoms with Crippen molar-refractivity contribution in [2.45, 2.75) is 12.6 Å². The van der Waals surface area contributed by atoms with Crippen LogP contribution in [-0.2, 0) is 11.3 Å². The smallest absolute Gasteiger partial charge is 0.290 e. The molecule has 0 radical (unpaired) electrons. The highest BCUT2D eigenvalue weighted by Gasteiger charge is 2.25. The Balaban J connectivity index is 2.14. The van der Waals surface area contributed by atoms with Crippen LogP contribution >= 0.6 is 0 Å². The maximum absolute atomic E-state index is 11.7. The summed E-state index contributed by atoms with van der Waals surface area (Å²) in [6.45, 7) is 1.25. The van der Waals surface area contributed by atoms with Crippen molar-refractivity contribution in [3.8, 4) is 0 Å². The second-order valence-corrected chi connectivity index (χ2v) is 3.41. The summed E-state index contributed by atoms with van der Waals surface area (Å²) in [6.07, 6.45) is 0.160. The van der Waals surface area contributed by atoms with Gasteiger partial charge in [-0.25, -0.2) is 0 Å². The van der Waals surface area contributed by atoms with E-state index in [-0.39, 0.29) is 11.7 Å². The third-order valence-corrected chi connectivity index (χ3v) is 2.32. The zero-order valence-corrected chi connectivity index (χ0v) is 7.47. The van der Waals surface area contributed by atoms with Crippen molar-refractivity contribution in [3.05, 3.63) is 34.6 Å². The summed E-state index contributed by atoms with van der Waals surface area (Å²) in [4.78, 5) is 11.7. The first kappa shape index (κ1) is 7.82. The van der Waals surface area contributed by atoms with E-state index in [0.717, 1.165) is 6.61 Å². The standard InChI is InChI=1S/C10H9NO3/c12-10-8-3-1-2-4-9(8)14-11(10)5-7-6-13-7/h1-4,7H,5-6H2. The monoisotopic (exact) mass is 191 g/mol. The van der Waals surface area contributed by atoms with Crippen LogP contribution in [-0.4, -0.2) is 17.5 Å². The van der Waals surface area contributed by atoms with Crippen molar-refractivity contribution in [2.24, 2.45) is 0 Å². The molecule has 3 rings (SSSR count). The van der Waals surface area contributed by atoms with Gasteiger partial charge in [0, 0.05) is 0 Å². The van der Waals surface area contributed by atoms with Crippen LogP contribution in [0.5, 0.6) is 0 Å². The van der Waals surface area contributed by atoms with E-state index in [0.29, 0.717) is 17.5 Å². The van der Waals surface area contributed by atoms with Crippen LogP contribution in [0.25, 0.3) is 11.0 Å². The lowest BCUT2D eigenvalue weighted by Gasteiger charge is -1.92. The summed E-state index contributed by atoms with van der Waals surface area (Å²) >= 11 is 0. The molecule has 0 bridgehead atoms. The average molecular weight is 191 g/mol. The maximum atomic E-state index is 11.7. The van der Waals surface area contributed by atoms with Crippen LogP contribution in [0.1, 0.15) is 0 Å². The molecule has 2 aromatic rings. The molecule has 1 fully saturated rings. The Morgan fingerprint density at radius 1 is 1.43 bits per heavy atom. The van der Waals surface area contributed by atoms with Gasteiger partial charge in [0.15, 0.2) is 5.58 Å². The van der Waals surface area contributed by atoms with Gasteiger partial charge in [-0.2, -0.15) is 4.74 Å². The lowest BCUT2D eigenvalue weighted by molar-refractivity contribution is 0.250. The van der Waals surface area contributed by atoms with Crippen molar-refractivity contribution in [1.29, 1.82) is 0 Å². The summed E-state index contributed by atoms with van der Waals surface area (Å²) in [6, 6.07) is 7.24. The van der Waals surface area contributed by atoms with Gasteiger partial charge < -0.3 is 9.26 Å². The first-order valence-corrected chi connectivity index (χ1v) is 4.55. The second kappa shape index (κ2) is 2.72. The molecule has 0 aliphatic carbocycles. The van der Waals surface area contributed by atoms with E-state index in [2.05, 4.69) is 0 Å². The lowest BCUT2D eigenvalue weighted by Crippen LogP contribution is -2.17. The van der Waals surface area contributed by atoms with Crippen LogP contribution in [0.3, 0.4) is 0 Å². The number of benzene rings is 1. The molecule has 1 unspecified atom stereocenters. The zero-order valence-electron chi connectivity index (χ0n) is 7.47. The Labute approximate surface area is 79.7 Å². The highest BCUT2D eigenvalue weighted by atomic mass is 16.6. The number of hydrogen-bond donors (Lipinski definition) is 0. The predicted octanol–water partition coefficient (Wildman–Crippen LogP) is 0.993. The fourth-order valence-corrected chi connectivity index (χ4v) is 1.50. The van der Waals surface area contributed by atoms with Crippen LogP contribution in [0, 0.1) is 0 Å². The summed E-state index contributed by atoms with van der Waals surface area (Å²) in [5, 5.41) is 0.633. The van der Waals surface area contributed by atoms with Gasteiger partial charge in [0.2, 0.25) is 0 Å². The minimum Gasteiger partial charge on any atom is -0.376 e. The normalized spacial score (nSPS) is 20.1. The van der Waals surface area contributed by atoms with Crippen molar-refractivity contribution >= 4 is 11.0 Å². The highest BCUT2D eigenvalue weighted by molar-refractivity contribution is 5.75. The van der Waals surface area contributed by atoms with Gasteiger partial charge in [-0.15, -0.1) is 0 Å². The number of hydrogen-bond acceptors (Lipinski definition) is 3. The van der Waals surface area contributed by atoms with Gasteiger partial charge >= 0.3 is 0 Å². The molecule has 14 heavy (non-hydrogen) atoms. The van der Waals surface area contributed by atoms with Crippen molar-refractivity contribution < 1.29 is 9.26 Å². The van der Waals surface area contributed by atoms with E-state index in [1.54, 1.807) is 12.1 Å². The van der Waals surface area contributed by atoms with Gasteiger partial charge in [0.25, 0.3) is 5.56 Å². The number of epoxide rings is 1. The van der Waals surface area contributed by atoms with Gasteiger partial charge in [-0.1, -0.05) is 12.1 Å². The summed E-state index contributed by atoms with van der Waals surface area (Å²) in [5.41, 5.74) is 0.564. The van der Waals surface area contributed by atoms with Gasteiger partial charge in [0.05, 0.1) is 18.5 Å². The van der Waals surface area contributed by atoms with E-state index >= 15 is 0 Å². The molecule has 4 heteroatoms. The van der Waals surface area contributed by atoms with E-state index in [4.69, 9.17) is 9.26 Å². The predicted molar refractivity (Wildman–Crippen MR) is 50.2 cm³/mol. The molecule has 72 valence electrons. The molecule has 0 amide bonds. The molecule has 1 saturated heterocycles. The van der Waals surface area contributed by atoms with Gasteiger partial charge in [-0.05, 0) is 12.1 Å². The number of para-hydroxylation sites is 1. The van der Waals surface area contributed by atoms with Gasteiger partial charge in [-0.3, -0.25) is 4.79 Å². The Morgan fingerprint density at radius 2 is 2.21 bits per heavy atom. The van der Waals surface area contributed by atoms with E-state index in [1.165, 1.54) is 4.74 Å². The summed E-state index contributed by atoms with van der Waals surface area (Å²) in [7, 11) is 0. The zero-order chi connectivity index (χ0) is 9.54. The van der Waals surface area contributed by atoms with Crippen LogP contribution in [0.4, 0.5) is 0 Å². The molecule has 0 spiro atoms. The number of fused-ring (bicyclic) bond motifs is 1. The molecule has 1 aliphatic heterocycles. The van der Waals surface area contributed by atoms with E-state index < -0.39 is 0 Å². The third kappa shape index (κ3) is 1.15. The van der Waals surface area contributed by atoms with E-state index in [9.17, 15) is 4.79 Å². The molecule has 1 aromatic heterocycles. The molecular weight excluding hydrogens is 182 g/mol. The Morgan fingerprint density at radius 3 is 2.93 bits per heavy atom. The quantitative estimate of drug-likeness (QED) is 0.665. The molecule has 1 aromatic carbocycles. The van der Waals surface area contributed by atoms with Crippen LogP contribution < -0.4 is 5.56 Å². The maximum Gasteiger partial charge on any atom is 0.290 e. The minimum atomic E-state index is -0.0731. The molecule has 1 atom stereocenters. The topological polar surface area (TPSA) is 47.7 Å². The fraction of sp³-hybridized carbons (Fsp3) is 0.300. The van der Waals surface area contributed by atoms with Gasteiger partial charge in [0.1, 0.15) is 6.10 Å². The first-order chi connectivity index (χ1) is 6.84. The van der Waals surface area contributed by atoms with Crippen LogP contribution in [0.15, 0.2) is 33.6 Å². The molecule has 4 nitrogen and oxygen atoms in total. The molecule has 2 heterocycles. The molecule has 0 saturated carbocycles. The number of ether oxygens (including phenoxy) is 1. The molecular formula is C10H9NO3. The van der Waals surface area contributed by atoms with Crippen LogP contribution in [0.2, 0.25) is 0 Å². The lowest BCUT2D eigenvalue weighted by atomic mass is 10.3. The SMILES string of the molecule is O=c1c2ccccc2on1CC1CO1. The Hall–Kier alpha value is -1.55. The number of nitrogens with zero attached hydrogens (tertiary/aromatic N) is 1. The largest absolute Gasteiger partial charge is 0.376 e.